The third kappa shape index (κ3) is 2.73. The molecule has 4 heterocycles. The second kappa shape index (κ2) is 5.87. The van der Waals surface area contributed by atoms with Crippen LogP contribution in [0.3, 0.4) is 0 Å². The van der Waals surface area contributed by atoms with Crippen LogP contribution < -0.4 is 5.73 Å². The molecular weight excluding hydrogens is 336 g/mol. The van der Waals surface area contributed by atoms with E-state index in [0.717, 1.165) is 34.3 Å². The number of nitrogens with zero attached hydrogens (tertiary/aromatic N) is 5. The molecule has 2 unspecified atom stereocenters. The van der Waals surface area contributed by atoms with Crippen LogP contribution in [0.5, 0.6) is 0 Å². The van der Waals surface area contributed by atoms with E-state index in [4.69, 9.17) is 10.7 Å². The predicted molar refractivity (Wildman–Crippen MR) is 105 cm³/mol. The summed E-state index contributed by atoms with van der Waals surface area (Å²) in [5.74, 6) is 0.983. The molecule has 0 amide bonds. The smallest absolute Gasteiger partial charge is 0.112 e. The van der Waals surface area contributed by atoms with Crippen LogP contribution in [-0.4, -0.2) is 24.7 Å². The quantitative estimate of drug-likeness (QED) is 0.606. The Kier molecular flexibility index (Phi) is 3.47. The molecule has 6 heteroatoms. The van der Waals surface area contributed by atoms with E-state index in [9.17, 15) is 0 Å². The summed E-state index contributed by atoms with van der Waals surface area (Å²) in [5.41, 5.74) is 14.0. The van der Waals surface area contributed by atoms with Gasteiger partial charge in [-0.15, -0.1) is 0 Å². The lowest BCUT2D eigenvalue weighted by atomic mass is 10.1. The largest absolute Gasteiger partial charge is 0.397 e. The topological polar surface area (TPSA) is 82.5 Å². The number of nitrogens with two attached hydrogens (primary N) is 1. The number of rotatable bonds is 3. The van der Waals surface area contributed by atoms with Gasteiger partial charge in [0.15, 0.2) is 0 Å². The van der Waals surface area contributed by atoms with E-state index in [1.807, 2.05) is 42.5 Å². The van der Waals surface area contributed by atoms with Gasteiger partial charge in [-0.2, -0.15) is 5.10 Å². The van der Waals surface area contributed by atoms with Crippen molar-refractivity contribution in [1.82, 2.24) is 24.7 Å². The number of nitrogen functional groups attached to an aromatic ring is 1. The zero-order valence-electron chi connectivity index (χ0n) is 15.3. The van der Waals surface area contributed by atoms with Crippen LogP contribution >= 0.6 is 0 Å². The molecule has 1 fully saturated rings. The van der Waals surface area contributed by atoms with Crippen LogP contribution in [0.4, 0.5) is 5.69 Å². The molecule has 0 aliphatic heterocycles. The van der Waals surface area contributed by atoms with Crippen molar-refractivity contribution in [2.45, 2.75) is 25.2 Å². The zero-order valence-corrected chi connectivity index (χ0v) is 15.3. The number of pyridine rings is 3. The maximum absolute atomic E-state index is 6.27. The Balaban J connectivity index is 1.54. The van der Waals surface area contributed by atoms with Gasteiger partial charge in [0.1, 0.15) is 5.52 Å². The van der Waals surface area contributed by atoms with Gasteiger partial charge in [0, 0.05) is 37.4 Å². The van der Waals surface area contributed by atoms with Crippen LogP contribution in [0.1, 0.15) is 34.9 Å². The van der Waals surface area contributed by atoms with Crippen LogP contribution in [0, 0.1) is 6.92 Å². The number of hydrogen-bond donors (Lipinski definition) is 1. The molecule has 1 aliphatic carbocycles. The lowest BCUT2D eigenvalue weighted by molar-refractivity contribution is 0.766. The standard InChI is InChI=1S/C21H20N6/c1-12-3-4-23-10-17(12)19-7-18(22)21-20(26-19)5-13(8-24-21)15-6-16(15)14-9-25-27(2)11-14/h3-5,7-11,15-16H,6H2,1-2H3,(H2,22,26). The molecule has 1 aliphatic rings. The number of fused-ring (bicyclic) bond motifs is 1. The molecule has 4 aromatic rings. The van der Waals surface area contributed by atoms with Crippen molar-refractivity contribution in [2.24, 2.45) is 7.05 Å². The first-order valence-corrected chi connectivity index (χ1v) is 9.06. The summed E-state index contributed by atoms with van der Waals surface area (Å²) in [4.78, 5) is 13.7. The Morgan fingerprint density at radius 1 is 1.11 bits per heavy atom. The minimum absolute atomic E-state index is 0.470. The summed E-state index contributed by atoms with van der Waals surface area (Å²) in [6.45, 7) is 2.05. The summed E-state index contributed by atoms with van der Waals surface area (Å²) in [6.07, 6.45) is 10.7. The highest BCUT2D eigenvalue weighted by atomic mass is 15.2. The minimum Gasteiger partial charge on any atom is -0.397 e. The van der Waals surface area contributed by atoms with Gasteiger partial charge in [0.05, 0.1) is 23.1 Å². The fourth-order valence-corrected chi connectivity index (χ4v) is 3.79. The second-order valence-electron chi connectivity index (χ2n) is 7.32. The first-order chi connectivity index (χ1) is 13.1. The molecule has 2 N–H and O–H groups in total. The van der Waals surface area contributed by atoms with E-state index in [1.165, 1.54) is 11.1 Å². The molecule has 0 aromatic carbocycles. The van der Waals surface area contributed by atoms with Gasteiger partial charge in [0.25, 0.3) is 0 Å². The van der Waals surface area contributed by atoms with Crippen molar-refractivity contribution in [3.8, 4) is 11.3 Å². The molecule has 5 rings (SSSR count). The Labute approximate surface area is 157 Å². The minimum atomic E-state index is 0.470. The summed E-state index contributed by atoms with van der Waals surface area (Å²) in [6, 6.07) is 6.00. The van der Waals surface area contributed by atoms with Crippen LogP contribution in [0.15, 0.2) is 49.2 Å². The van der Waals surface area contributed by atoms with E-state index in [0.29, 0.717) is 17.5 Å². The molecule has 134 valence electrons. The Bertz CT molecular complexity index is 1160. The number of anilines is 1. The Morgan fingerprint density at radius 2 is 1.96 bits per heavy atom. The average molecular weight is 356 g/mol. The van der Waals surface area contributed by atoms with Crippen LogP contribution in [0.2, 0.25) is 0 Å². The first-order valence-electron chi connectivity index (χ1n) is 9.06. The molecule has 0 bridgehead atoms. The van der Waals surface area contributed by atoms with Crippen molar-refractivity contribution in [3.63, 3.8) is 0 Å². The van der Waals surface area contributed by atoms with Crippen molar-refractivity contribution >= 4 is 16.7 Å². The van der Waals surface area contributed by atoms with E-state index < -0.39 is 0 Å². The lowest BCUT2D eigenvalue weighted by Crippen LogP contribution is -1.97. The summed E-state index contributed by atoms with van der Waals surface area (Å²) in [5, 5.41) is 4.29. The van der Waals surface area contributed by atoms with Crippen LogP contribution in [0.25, 0.3) is 22.3 Å². The molecule has 2 atom stereocenters. The van der Waals surface area contributed by atoms with Crippen molar-refractivity contribution in [2.75, 3.05) is 5.73 Å². The van der Waals surface area contributed by atoms with Gasteiger partial charge in [0.2, 0.25) is 0 Å². The molecule has 27 heavy (non-hydrogen) atoms. The molecule has 0 radical (unpaired) electrons. The van der Waals surface area contributed by atoms with E-state index in [2.05, 4.69) is 34.3 Å². The van der Waals surface area contributed by atoms with E-state index >= 15 is 0 Å². The van der Waals surface area contributed by atoms with Crippen LogP contribution in [-0.2, 0) is 7.05 Å². The van der Waals surface area contributed by atoms with Crippen molar-refractivity contribution < 1.29 is 0 Å². The molecule has 1 saturated carbocycles. The van der Waals surface area contributed by atoms with E-state index in [1.54, 1.807) is 6.20 Å². The van der Waals surface area contributed by atoms with Gasteiger partial charge in [-0.25, -0.2) is 4.98 Å². The summed E-state index contributed by atoms with van der Waals surface area (Å²) in [7, 11) is 1.95. The SMILES string of the molecule is Cc1ccncc1-c1cc(N)c2ncc(C3CC3c3cnn(C)c3)cc2n1. The fraction of sp³-hybridized carbons (Fsp3) is 0.238. The Morgan fingerprint density at radius 3 is 2.74 bits per heavy atom. The summed E-state index contributed by atoms with van der Waals surface area (Å²) >= 11 is 0. The monoisotopic (exact) mass is 356 g/mol. The molecule has 4 aromatic heterocycles. The van der Waals surface area contributed by atoms with Gasteiger partial charge in [-0.1, -0.05) is 0 Å². The molecule has 0 spiro atoms. The third-order valence-corrected chi connectivity index (χ3v) is 5.38. The normalized spacial score (nSPS) is 18.7. The van der Waals surface area contributed by atoms with Gasteiger partial charge >= 0.3 is 0 Å². The number of hydrogen-bond acceptors (Lipinski definition) is 5. The molecule has 6 nitrogen and oxygen atoms in total. The van der Waals surface area contributed by atoms with Crippen molar-refractivity contribution in [3.05, 3.63) is 65.9 Å². The fourth-order valence-electron chi connectivity index (χ4n) is 3.79. The maximum atomic E-state index is 6.27. The summed E-state index contributed by atoms with van der Waals surface area (Å²) < 4.78 is 1.86. The predicted octanol–water partition coefficient (Wildman–Crippen LogP) is 3.59. The highest BCUT2D eigenvalue weighted by Crippen LogP contribution is 2.54. The van der Waals surface area contributed by atoms with Gasteiger partial charge in [-0.05, 0) is 60.1 Å². The number of aromatic nitrogens is 5. The van der Waals surface area contributed by atoms with Crippen molar-refractivity contribution in [1.29, 1.82) is 0 Å². The third-order valence-electron chi connectivity index (χ3n) is 5.38. The highest BCUT2D eigenvalue weighted by molar-refractivity contribution is 5.89. The highest BCUT2D eigenvalue weighted by Gasteiger charge is 2.40. The zero-order chi connectivity index (χ0) is 18.5. The van der Waals surface area contributed by atoms with Gasteiger partial charge in [-0.3, -0.25) is 14.6 Å². The molecule has 0 saturated heterocycles. The van der Waals surface area contributed by atoms with E-state index in [-0.39, 0.29) is 0 Å². The Hall–Kier alpha value is -3.28. The molecular formula is C21H20N6. The number of aryl methyl sites for hydroxylation is 2. The maximum Gasteiger partial charge on any atom is 0.112 e. The lowest BCUT2D eigenvalue weighted by Gasteiger charge is -2.09. The first kappa shape index (κ1) is 15.9. The average Bonchev–Trinajstić information content (AvgIpc) is 3.35. The van der Waals surface area contributed by atoms with Gasteiger partial charge < -0.3 is 5.73 Å². The second-order valence-corrected chi connectivity index (χ2v) is 7.32.